The molecule has 1 heterocycles. The molecular formula is C15H11Cl2N3. The number of aromatic nitrogens is 3. The lowest BCUT2D eigenvalue weighted by Crippen LogP contribution is -2.01. The summed E-state index contributed by atoms with van der Waals surface area (Å²) in [4.78, 5) is 0. The normalized spacial score (nSPS) is 10.7. The van der Waals surface area contributed by atoms with Crippen molar-refractivity contribution in [1.82, 2.24) is 14.8 Å². The van der Waals surface area contributed by atoms with Crippen LogP contribution in [-0.2, 0) is 5.88 Å². The minimum atomic E-state index is 0.284. The first-order chi connectivity index (χ1) is 9.81. The molecule has 0 aliphatic rings. The third kappa shape index (κ3) is 2.30. The van der Waals surface area contributed by atoms with Crippen molar-refractivity contribution in [1.29, 1.82) is 0 Å². The number of halogens is 2. The van der Waals surface area contributed by atoms with Crippen molar-refractivity contribution in [3.8, 4) is 17.1 Å². The number of para-hydroxylation sites is 1. The summed E-state index contributed by atoms with van der Waals surface area (Å²) in [5.41, 5.74) is 1.80. The smallest absolute Gasteiger partial charge is 0.170 e. The third-order valence-electron chi connectivity index (χ3n) is 2.98. The zero-order chi connectivity index (χ0) is 13.9. The fourth-order valence-electron chi connectivity index (χ4n) is 2.07. The molecule has 0 radical (unpaired) electrons. The molecule has 0 bridgehead atoms. The molecule has 0 unspecified atom stereocenters. The van der Waals surface area contributed by atoms with Gasteiger partial charge in [-0.25, -0.2) is 0 Å². The molecule has 0 saturated carbocycles. The second-order valence-electron chi connectivity index (χ2n) is 4.22. The van der Waals surface area contributed by atoms with Gasteiger partial charge in [0.15, 0.2) is 11.6 Å². The van der Waals surface area contributed by atoms with E-state index in [1.807, 2.05) is 59.2 Å². The molecular weight excluding hydrogens is 293 g/mol. The SMILES string of the molecule is ClCc1nnc(-c2ccccc2Cl)n1-c1ccccc1. The van der Waals surface area contributed by atoms with Gasteiger partial charge in [0.2, 0.25) is 0 Å². The van der Waals surface area contributed by atoms with E-state index in [0.29, 0.717) is 16.7 Å². The minimum Gasteiger partial charge on any atom is -0.278 e. The second kappa shape index (κ2) is 5.65. The Morgan fingerprint density at radius 1 is 0.900 bits per heavy atom. The first kappa shape index (κ1) is 13.2. The molecule has 0 atom stereocenters. The number of rotatable bonds is 3. The minimum absolute atomic E-state index is 0.284. The maximum Gasteiger partial charge on any atom is 0.170 e. The highest BCUT2D eigenvalue weighted by atomic mass is 35.5. The Morgan fingerprint density at radius 2 is 1.60 bits per heavy atom. The van der Waals surface area contributed by atoms with E-state index in [1.54, 1.807) is 0 Å². The highest BCUT2D eigenvalue weighted by molar-refractivity contribution is 6.33. The Morgan fingerprint density at radius 3 is 2.30 bits per heavy atom. The van der Waals surface area contributed by atoms with Crippen LogP contribution >= 0.6 is 23.2 Å². The van der Waals surface area contributed by atoms with E-state index in [1.165, 1.54) is 0 Å². The Kier molecular flexibility index (Phi) is 3.72. The first-order valence-corrected chi connectivity index (χ1v) is 7.03. The van der Waals surface area contributed by atoms with Gasteiger partial charge in [-0.1, -0.05) is 41.9 Å². The van der Waals surface area contributed by atoms with Crippen LogP contribution in [0.5, 0.6) is 0 Å². The van der Waals surface area contributed by atoms with Crippen LogP contribution in [0.25, 0.3) is 17.1 Å². The second-order valence-corrected chi connectivity index (χ2v) is 4.90. The van der Waals surface area contributed by atoms with Crippen LogP contribution in [0.4, 0.5) is 0 Å². The summed E-state index contributed by atoms with van der Waals surface area (Å²) in [6, 6.07) is 17.4. The topological polar surface area (TPSA) is 30.7 Å². The van der Waals surface area contributed by atoms with Gasteiger partial charge in [0, 0.05) is 11.3 Å². The molecule has 0 saturated heterocycles. The number of hydrogen-bond acceptors (Lipinski definition) is 2. The van der Waals surface area contributed by atoms with E-state index >= 15 is 0 Å². The molecule has 5 heteroatoms. The van der Waals surface area contributed by atoms with E-state index in [-0.39, 0.29) is 5.88 Å². The Labute approximate surface area is 126 Å². The van der Waals surface area contributed by atoms with Gasteiger partial charge >= 0.3 is 0 Å². The predicted molar refractivity (Wildman–Crippen MR) is 81.4 cm³/mol. The standard InChI is InChI=1S/C15H11Cl2N3/c16-10-14-18-19-15(12-8-4-5-9-13(12)17)20(14)11-6-2-1-3-7-11/h1-9H,10H2. The molecule has 3 rings (SSSR count). The fraction of sp³-hybridized carbons (Fsp3) is 0.0667. The maximum absolute atomic E-state index is 6.26. The summed E-state index contributed by atoms with van der Waals surface area (Å²) in [5.74, 6) is 1.66. The molecule has 0 spiro atoms. The fourth-order valence-corrected chi connectivity index (χ4v) is 2.46. The zero-order valence-corrected chi connectivity index (χ0v) is 12.0. The summed E-state index contributed by atoms with van der Waals surface area (Å²) in [6.45, 7) is 0. The van der Waals surface area contributed by atoms with Crippen molar-refractivity contribution in [3.05, 3.63) is 65.4 Å². The van der Waals surface area contributed by atoms with Crippen LogP contribution in [0.2, 0.25) is 5.02 Å². The average molecular weight is 304 g/mol. The van der Waals surface area contributed by atoms with Gasteiger partial charge in [-0.05, 0) is 24.3 Å². The summed E-state index contributed by atoms with van der Waals surface area (Å²) < 4.78 is 1.92. The quantitative estimate of drug-likeness (QED) is 0.674. The van der Waals surface area contributed by atoms with Gasteiger partial charge in [-0.3, -0.25) is 4.57 Å². The van der Waals surface area contributed by atoms with E-state index in [9.17, 15) is 0 Å². The lowest BCUT2D eigenvalue weighted by Gasteiger charge is -2.10. The average Bonchev–Trinajstić information content (AvgIpc) is 2.92. The van der Waals surface area contributed by atoms with Crippen LogP contribution < -0.4 is 0 Å². The predicted octanol–water partition coefficient (Wildman–Crippen LogP) is 4.33. The molecule has 0 amide bonds. The summed E-state index contributed by atoms with van der Waals surface area (Å²) >= 11 is 12.2. The number of nitrogens with zero attached hydrogens (tertiary/aromatic N) is 3. The van der Waals surface area contributed by atoms with Gasteiger partial charge < -0.3 is 0 Å². The first-order valence-electron chi connectivity index (χ1n) is 6.12. The molecule has 2 aromatic carbocycles. The van der Waals surface area contributed by atoms with Gasteiger partial charge in [-0.15, -0.1) is 21.8 Å². The molecule has 1 aromatic heterocycles. The molecule has 0 N–H and O–H groups in total. The van der Waals surface area contributed by atoms with Crippen molar-refractivity contribution in [3.63, 3.8) is 0 Å². The van der Waals surface area contributed by atoms with Crippen molar-refractivity contribution in [2.45, 2.75) is 5.88 Å². The third-order valence-corrected chi connectivity index (χ3v) is 3.55. The van der Waals surface area contributed by atoms with E-state index < -0.39 is 0 Å². The van der Waals surface area contributed by atoms with Crippen LogP contribution in [0.15, 0.2) is 54.6 Å². The molecule has 100 valence electrons. The largest absolute Gasteiger partial charge is 0.278 e. The zero-order valence-electron chi connectivity index (χ0n) is 10.5. The van der Waals surface area contributed by atoms with E-state index in [0.717, 1.165) is 11.3 Å². The summed E-state index contributed by atoms with van der Waals surface area (Å²) in [6.07, 6.45) is 0. The van der Waals surface area contributed by atoms with Crippen LogP contribution in [0.3, 0.4) is 0 Å². The van der Waals surface area contributed by atoms with Crippen LogP contribution in [0, 0.1) is 0 Å². The number of hydrogen-bond donors (Lipinski definition) is 0. The summed E-state index contributed by atoms with van der Waals surface area (Å²) in [7, 11) is 0. The van der Waals surface area contributed by atoms with Crippen LogP contribution in [0.1, 0.15) is 5.82 Å². The Hall–Kier alpha value is -1.84. The molecule has 0 aliphatic carbocycles. The van der Waals surface area contributed by atoms with Gasteiger partial charge in [0.1, 0.15) is 0 Å². The maximum atomic E-state index is 6.26. The monoisotopic (exact) mass is 303 g/mol. The molecule has 20 heavy (non-hydrogen) atoms. The Balaban J connectivity index is 2.24. The molecule has 0 aliphatic heterocycles. The Bertz CT molecular complexity index is 723. The van der Waals surface area contributed by atoms with E-state index in [2.05, 4.69) is 10.2 Å². The van der Waals surface area contributed by atoms with E-state index in [4.69, 9.17) is 23.2 Å². The summed E-state index contributed by atoms with van der Waals surface area (Å²) in [5, 5.41) is 9.03. The molecule has 0 fully saturated rings. The number of benzene rings is 2. The van der Waals surface area contributed by atoms with Gasteiger partial charge in [0.25, 0.3) is 0 Å². The highest BCUT2D eigenvalue weighted by Crippen LogP contribution is 2.29. The van der Waals surface area contributed by atoms with Crippen molar-refractivity contribution in [2.24, 2.45) is 0 Å². The molecule has 3 nitrogen and oxygen atoms in total. The lowest BCUT2D eigenvalue weighted by molar-refractivity contribution is 0.953. The van der Waals surface area contributed by atoms with Crippen molar-refractivity contribution < 1.29 is 0 Å². The highest BCUT2D eigenvalue weighted by Gasteiger charge is 2.16. The van der Waals surface area contributed by atoms with Crippen molar-refractivity contribution >= 4 is 23.2 Å². The van der Waals surface area contributed by atoms with Crippen LogP contribution in [-0.4, -0.2) is 14.8 Å². The molecule has 3 aromatic rings. The van der Waals surface area contributed by atoms with Gasteiger partial charge in [0.05, 0.1) is 10.9 Å². The van der Waals surface area contributed by atoms with Crippen molar-refractivity contribution in [2.75, 3.05) is 0 Å². The van der Waals surface area contributed by atoms with Gasteiger partial charge in [-0.2, -0.15) is 0 Å². The number of alkyl halides is 1. The lowest BCUT2D eigenvalue weighted by atomic mass is 10.2.